The van der Waals surface area contributed by atoms with Crippen LogP contribution in [0.5, 0.6) is 0 Å². The van der Waals surface area contributed by atoms with Gasteiger partial charge in [-0.15, -0.1) is 0 Å². The standard InChI is InChI=1S/C37H56N4O2.HI/c1-5-6-7-8-9-10-11-12-13-14-15-21-26-38-36(42)34(28-31-29-39-33-25-20-19-24-32(31)33)40-37(43)35(41(2,3)4)27-30-22-17-16-18-23-30;/h16-20,22-25,29,34-35,39H,5-15,21,26-28H2,1-4H3,(H-,38,40,42,43);1H/t34-,35-;/m0./s1. The highest BCUT2D eigenvalue weighted by Gasteiger charge is 2.34. The Morgan fingerprint density at radius 2 is 1.30 bits per heavy atom. The number of para-hydroxylation sites is 1. The molecule has 3 aromatic rings. The molecule has 244 valence electrons. The average molecular weight is 717 g/mol. The number of quaternary nitrogens is 1. The fourth-order valence-corrected chi connectivity index (χ4v) is 5.85. The number of unbranched alkanes of at least 4 members (excludes halogenated alkanes) is 11. The van der Waals surface area contributed by atoms with Crippen molar-refractivity contribution in [2.75, 3.05) is 27.7 Å². The molecule has 0 radical (unpaired) electrons. The third-order valence-electron chi connectivity index (χ3n) is 8.57. The van der Waals surface area contributed by atoms with Crippen LogP contribution >= 0.6 is 0 Å². The van der Waals surface area contributed by atoms with E-state index in [9.17, 15) is 9.59 Å². The quantitative estimate of drug-likeness (QED) is 0.0873. The number of halogens is 1. The van der Waals surface area contributed by atoms with E-state index in [2.05, 4.69) is 40.7 Å². The van der Waals surface area contributed by atoms with Crippen molar-refractivity contribution < 1.29 is 38.0 Å². The third-order valence-corrected chi connectivity index (χ3v) is 8.57. The van der Waals surface area contributed by atoms with E-state index < -0.39 is 6.04 Å². The number of nitrogens with zero attached hydrogens (tertiary/aromatic N) is 1. The van der Waals surface area contributed by atoms with Crippen LogP contribution in [0.15, 0.2) is 60.8 Å². The van der Waals surface area contributed by atoms with E-state index in [0.717, 1.165) is 34.9 Å². The average Bonchev–Trinajstić information content (AvgIpc) is 3.40. The molecule has 3 rings (SSSR count). The SMILES string of the molecule is CCCCCCCCCCCCCCNC(=O)[C@H](Cc1c[nH]c2ccccc12)NC(=O)[C@H](Cc1ccccc1)[N+](C)(C)C.[I-]. The molecule has 7 heteroatoms. The number of carbonyl (C=O) groups is 2. The number of nitrogens with one attached hydrogen (secondary N) is 3. The zero-order valence-corrected chi connectivity index (χ0v) is 29.8. The molecule has 2 amide bonds. The smallest absolute Gasteiger partial charge is 0.279 e. The number of fused-ring (bicyclic) bond motifs is 1. The molecule has 0 bridgehead atoms. The molecular weight excluding hydrogens is 659 g/mol. The predicted molar refractivity (Wildman–Crippen MR) is 180 cm³/mol. The van der Waals surface area contributed by atoms with Crippen LogP contribution < -0.4 is 34.6 Å². The molecule has 0 saturated heterocycles. The summed E-state index contributed by atoms with van der Waals surface area (Å²) in [5.74, 6) is -0.205. The van der Waals surface area contributed by atoms with E-state index in [1.54, 1.807) is 0 Å². The Labute approximate surface area is 283 Å². The van der Waals surface area contributed by atoms with E-state index in [0.29, 0.717) is 23.9 Å². The van der Waals surface area contributed by atoms with Crippen LogP contribution in [0.2, 0.25) is 0 Å². The van der Waals surface area contributed by atoms with Gasteiger partial charge in [-0.2, -0.15) is 0 Å². The number of benzene rings is 2. The van der Waals surface area contributed by atoms with Crippen molar-refractivity contribution in [3.63, 3.8) is 0 Å². The molecule has 1 aromatic heterocycles. The van der Waals surface area contributed by atoms with Crippen molar-refractivity contribution in [2.24, 2.45) is 0 Å². The number of aromatic amines is 1. The van der Waals surface area contributed by atoms with Crippen LogP contribution in [0.4, 0.5) is 0 Å². The first-order chi connectivity index (χ1) is 20.8. The molecule has 1 heterocycles. The first-order valence-electron chi connectivity index (χ1n) is 16.8. The maximum atomic E-state index is 13.8. The first-order valence-corrected chi connectivity index (χ1v) is 16.8. The van der Waals surface area contributed by atoms with Crippen molar-refractivity contribution >= 4 is 22.7 Å². The van der Waals surface area contributed by atoms with Crippen LogP contribution in [0.3, 0.4) is 0 Å². The number of H-pyrrole nitrogens is 1. The topological polar surface area (TPSA) is 74.0 Å². The van der Waals surface area contributed by atoms with Gasteiger partial charge in [0.15, 0.2) is 6.04 Å². The summed E-state index contributed by atoms with van der Waals surface area (Å²) in [4.78, 5) is 30.6. The fraction of sp³-hybridized carbons (Fsp3) is 0.568. The monoisotopic (exact) mass is 716 g/mol. The maximum Gasteiger partial charge on any atom is 0.279 e. The van der Waals surface area contributed by atoms with Gasteiger partial charge in [0.05, 0.1) is 21.1 Å². The molecule has 0 saturated carbocycles. The lowest BCUT2D eigenvalue weighted by Crippen LogP contribution is -3.00. The van der Waals surface area contributed by atoms with Gasteiger partial charge in [0.25, 0.3) is 5.91 Å². The van der Waals surface area contributed by atoms with Crippen LogP contribution in [-0.2, 0) is 22.4 Å². The first kappa shape index (κ1) is 37.8. The van der Waals surface area contributed by atoms with Crippen molar-refractivity contribution in [3.05, 3.63) is 71.9 Å². The van der Waals surface area contributed by atoms with E-state index in [1.807, 2.05) is 63.7 Å². The molecular formula is C37H57IN4O2. The van der Waals surface area contributed by atoms with Crippen molar-refractivity contribution in [1.29, 1.82) is 0 Å². The second kappa shape index (κ2) is 20.6. The van der Waals surface area contributed by atoms with Crippen molar-refractivity contribution in [3.8, 4) is 0 Å². The van der Waals surface area contributed by atoms with Crippen LogP contribution in [0.1, 0.15) is 95.1 Å². The Morgan fingerprint density at radius 1 is 0.727 bits per heavy atom. The largest absolute Gasteiger partial charge is 1.00 e. The lowest BCUT2D eigenvalue weighted by atomic mass is 10.0. The van der Waals surface area contributed by atoms with Gasteiger partial charge in [-0.25, -0.2) is 0 Å². The summed E-state index contributed by atoms with van der Waals surface area (Å²) in [6.07, 6.45) is 18.4. The van der Waals surface area contributed by atoms with Gasteiger partial charge in [0, 0.05) is 36.5 Å². The maximum absolute atomic E-state index is 13.8. The van der Waals surface area contributed by atoms with E-state index >= 15 is 0 Å². The molecule has 6 nitrogen and oxygen atoms in total. The zero-order valence-electron chi connectivity index (χ0n) is 27.7. The van der Waals surface area contributed by atoms with Crippen molar-refractivity contribution in [1.82, 2.24) is 15.6 Å². The second-order valence-corrected chi connectivity index (χ2v) is 13.1. The van der Waals surface area contributed by atoms with E-state index in [1.165, 1.54) is 64.2 Å². The van der Waals surface area contributed by atoms with E-state index in [4.69, 9.17) is 0 Å². The molecule has 2 aromatic carbocycles. The molecule has 0 unspecified atom stereocenters. The number of aromatic nitrogens is 1. The molecule has 0 aliphatic heterocycles. The normalized spacial score (nSPS) is 12.8. The number of likely N-dealkylation sites (N-methyl/N-ethyl adjacent to an activating group) is 1. The molecule has 3 N–H and O–H groups in total. The highest BCUT2D eigenvalue weighted by molar-refractivity contribution is 5.91. The zero-order chi connectivity index (χ0) is 30.9. The van der Waals surface area contributed by atoms with Gasteiger partial charge >= 0.3 is 0 Å². The molecule has 0 spiro atoms. The summed E-state index contributed by atoms with van der Waals surface area (Å²) < 4.78 is 0.473. The van der Waals surface area contributed by atoms with E-state index in [-0.39, 0.29) is 41.8 Å². The predicted octanol–water partition coefficient (Wildman–Crippen LogP) is 4.33. The summed E-state index contributed by atoms with van der Waals surface area (Å²) in [5.41, 5.74) is 3.18. The number of hydrogen-bond acceptors (Lipinski definition) is 2. The Kier molecular flexibility index (Phi) is 17.7. The fourth-order valence-electron chi connectivity index (χ4n) is 5.85. The van der Waals surface area contributed by atoms with Gasteiger partial charge in [-0.05, 0) is 23.6 Å². The number of carbonyl (C=O) groups excluding carboxylic acids is 2. The Morgan fingerprint density at radius 3 is 1.91 bits per heavy atom. The van der Waals surface area contributed by atoms with Crippen LogP contribution in [0.25, 0.3) is 10.9 Å². The number of rotatable bonds is 21. The lowest BCUT2D eigenvalue weighted by molar-refractivity contribution is -0.886. The van der Waals surface area contributed by atoms with Gasteiger partial charge in [-0.3, -0.25) is 9.59 Å². The van der Waals surface area contributed by atoms with Gasteiger partial charge < -0.3 is 44.1 Å². The molecule has 0 aliphatic rings. The summed E-state index contributed by atoms with van der Waals surface area (Å²) >= 11 is 0. The minimum Gasteiger partial charge on any atom is -1.00 e. The third kappa shape index (κ3) is 13.3. The molecule has 2 atom stereocenters. The number of hydrogen-bond donors (Lipinski definition) is 3. The van der Waals surface area contributed by atoms with Gasteiger partial charge in [-0.1, -0.05) is 126 Å². The van der Waals surface area contributed by atoms with Gasteiger partial charge in [0.1, 0.15) is 6.04 Å². The van der Waals surface area contributed by atoms with Gasteiger partial charge in [0.2, 0.25) is 5.91 Å². The summed E-state index contributed by atoms with van der Waals surface area (Å²) in [5, 5.41) is 7.39. The number of amides is 2. The molecule has 0 fully saturated rings. The lowest BCUT2D eigenvalue weighted by Gasteiger charge is -2.34. The summed E-state index contributed by atoms with van der Waals surface area (Å²) in [6.45, 7) is 2.90. The summed E-state index contributed by atoms with van der Waals surface area (Å²) in [7, 11) is 6.11. The van der Waals surface area contributed by atoms with Crippen LogP contribution in [0, 0.1) is 0 Å². The Bertz CT molecular complexity index is 1220. The highest BCUT2D eigenvalue weighted by atomic mass is 127. The minimum atomic E-state index is -0.645. The Hall–Kier alpha value is -2.39. The van der Waals surface area contributed by atoms with Crippen LogP contribution in [-0.4, -0.2) is 61.1 Å². The molecule has 44 heavy (non-hydrogen) atoms. The summed E-state index contributed by atoms with van der Waals surface area (Å²) in [6, 6.07) is 17.2. The highest BCUT2D eigenvalue weighted by Crippen LogP contribution is 2.20. The molecule has 0 aliphatic carbocycles. The van der Waals surface area contributed by atoms with Crippen molar-refractivity contribution in [2.45, 2.75) is 109 Å². The second-order valence-electron chi connectivity index (χ2n) is 13.1. The Balaban J connectivity index is 0.00000675. The minimum absolute atomic E-state index is 0.